The fourth-order valence-electron chi connectivity index (χ4n) is 0.668. The maximum Gasteiger partial charge on any atom is 0.303 e. The summed E-state index contributed by atoms with van der Waals surface area (Å²) in [6.45, 7) is -0.529. The summed E-state index contributed by atoms with van der Waals surface area (Å²) in [5, 5.41) is 24.1. The van der Waals surface area contributed by atoms with E-state index in [1.165, 1.54) is 0 Å². The van der Waals surface area contributed by atoms with E-state index in [2.05, 4.69) is 0 Å². The molecule has 0 heterocycles. The first kappa shape index (κ1) is 18.2. The van der Waals surface area contributed by atoms with Crippen LogP contribution >= 0.6 is 0 Å². The van der Waals surface area contributed by atoms with Gasteiger partial charge in [-0.1, -0.05) is 0 Å². The molecule has 0 bridgehead atoms. The second-order valence-electron chi connectivity index (χ2n) is 3.00. The zero-order valence-corrected chi connectivity index (χ0v) is 9.89. The zero-order chi connectivity index (χ0) is 13.9. The number of carbonyl (C=O) groups is 2. The van der Waals surface area contributed by atoms with Crippen LogP contribution in [-0.2, 0) is 19.7 Å². The quantitative estimate of drug-likeness (QED) is 0.360. The number of aliphatic hydroxyl groups excluding tert-OH is 1. The molecule has 9 heteroatoms. The molecule has 4 N–H and O–H groups in total. The molecule has 0 aromatic rings. The Balaban J connectivity index is 0. The molecule has 0 spiro atoms. The molecule has 0 saturated carbocycles. The van der Waals surface area contributed by atoms with Crippen molar-refractivity contribution in [2.45, 2.75) is 25.7 Å². The lowest BCUT2D eigenvalue weighted by molar-refractivity contribution is -0.139. The molecule has 0 amide bonds. The van der Waals surface area contributed by atoms with Crippen LogP contribution in [0.2, 0.25) is 0 Å². The van der Waals surface area contributed by atoms with E-state index in [0.717, 1.165) is 0 Å². The van der Waals surface area contributed by atoms with Crippen molar-refractivity contribution in [1.29, 1.82) is 0 Å². The Kier molecular flexibility index (Phi) is 10.7. The van der Waals surface area contributed by atoms with Gasteiger partial charge in [0.25, 0.3) is 10.1 Å². The Morgan fingerprint density at radius 3 is 1.41 bits per heavy atom. The molecule has 102 valence electrons. The fourth-order valence-corrected chi connectivity index (χ4v) is 0.899. The Morgan fingerprint density at radius 1 is 0.941 bits per heavy atom. The van der Waals surface area contributed by atoms with E-state index < -0.39 is 34.4 Å². The number of aliphatic hydroxyl groups is 1. The first-order chi connectivity index (χ1) is 7.69. The first-order valence-electron chi connectivity index (χ1n) is 4.68. The minimum absolute atomic E-state index is 0.0628. The van der Waals surface area contributed by atoms with Crippen LogP contribution in [0.4, 0.5) is 0 Å². The Bertz CT molecular complexity index is 304. The topological polar surface area (TPSA) is 149 Å². The van der Waals surface area contributed by atoms with E-state index in [1.54, 1.807) is 0 Å². The standard InChI is InChI=1S/C6H10O4.C2H6O4S/c7-5(8)3-1-2-4-6(9)10;3-1-2-7(4,5)6/h1-4H2,(H,7,8)(H,9,10);3H,1-2H2,(H,4,5,6). The third kappa shape index (κ3) is 25.3. The van der Waals surface area contributed by atoms with Gasteiger partial charge in [-0.15, -0.1) is 0 Å². The summed E-state index contributed by atoms with van der Waals surface area (Å²) in [4.78, 5) is 19.8. The van der Waals surface area contributed by atoms with Gasteiger partial charge in [-0.25, -0.2) is 0 Å². The van der Waals surface area contributed by atoms with Crippen LogP contribution in [0.15, 0.2) is 0 Å². The molecule has 0 aromatic heterocycles. The van der Waals surface area contributed by atoms with Crippen LogP contribution in [0, 0.1) is 0 Å². The van der Waals surface area contributed by atoms with Crippen LogP contribution in [0.1, 0.15) is 25.7 Å². The first-order valence-corrected chi connectivity index (χ1v) is 6.29. The molecular weight excluding hydrogens is 256 g/mol. The van der Waals surface area contributed by atoms with Gasteiger partial charge in [0.1, 0.15) is 0 Å². The number of hydrogen-bond donors (Lipinski definition) is 4. The SMILES string of the molecule is O=C(O)CCCCC(=O)O.O=S(=O)(O)CCO. The maximum absolute atomic E-state index is 9.90. The third-order valence-electron chi connectivity index (χ3n) is 1.38. The largest absolute Gasteiger partial charge is 0.481 e. The van der Waals surface area contributed by atoms with Crippen molar-refractivity contribution in [3.63, 3.8) is 0 Å². The second kappa shape index (κ2) is 10.00. The molecule has 17 heavy (non-hydrogen) atoms. The van der Waals surface area contributed by atoms with E-state index in [0.29, 0.717) is 12.8 Å². The maximum atomic E-state index is 9.90. The van der Waals surface area contributed by atoms with Gasteiger partial charge < -0.3 is 15.3 Å². The Morgan fingerprint density at radius 2 is 1.29 bits per heavy atom. The number of unbranched alkanes of at least 4 members (excludes halogenated alkanes) is 1. The number of carboxylic acid groups (broad SMARTS) is 2. The highest BCUT2D eigenvalue weighted by molar-refractivity contribution is 7.85. The molecule has 0 aromatic carbocycles. The zero-order valence-electron chi connectivity index (χ0n) is 9.07. The van der Waals surface area contributed by atoms with E-state index in [9.17, 15) is 18.0 Å². The van der Waals surface area contributed by atoms with Crippen LogP contribution in [0.25, 0.3) is 0 Å². The van der Waals surface area contributed by atoms with Gasteiger partial charge in [-0.2, -0.15) is 8.42 Å². The van der Waals surface area contributed by atoms with Crippen molar-refractivity contribution in [2.75, 3.05) is 12.4 Å². The van der Waals surface area contributed by atoms with Gasteiger partial charge in [0.2, 0.25) is 0 Å². The molecule has 0 saturated heterocycles. The monoisotopic (exact) mass is 272 g/mol. The van der Waals surface area contributed by atoms with Crippen molar-refractivity contribution in [1.82, 2.24) is 0 Å². The van der Waals surface area contributed by atoms with Crippen molar-refractivity contribution in [3.8, 4) is 0 Å². The molecule has 0 rings (SSSR count). The normalized spacial score (nSPS) is 10.2. The molecule has 8 nitrogen and oxygen atoms in total. The Labute approximate surface area is 98.6 Å². The average molecular weight is 272 g/mol. The smallest absolute Gasteiger partial charge is 0.303 e. The lowest BCUT2D eigenvalue weighted by Gasteiger charge is -1.92. The van der Waals surface area contributed by atoms with Gasteiger partial charge in [0, 0.05) is 12.8 Å². The minimum Gasteiger partial charge on any atom is -0.481 e. The van der Waals surface area contributed by atoms with Crippen molar-refractivity contribution < 1.29 is 37.9 Å². The van der Waals surface area contributed by atoms with Gasteiger partial charge in [0.05, 0.1) is 12.4 Å². The molecule has 0 aliphatic carbocycles. The molecule has 0 fully saturated rings. The molecular formula is C8H16O8S. The number of aliphatic carboxylic acids is 2. The van der Waals surface area contributed by atoms with Crippen molar-refractivity contribution in [3.05, 3.63) is 0 Å². The van der Waals surface area contributed by atoms with Crippen molar-refractivity contribution in [2.24, 2.45) is 0 Å². The van der Waals surface area contributed by atoms with E-state index in [4.69, 9.17) is 19.9 Å². The third-order valence-corrected chi connectivity index (χ3v) is 2.08. The highest BCUT2D eigenvalue weighted by atomic mass is 32.2. The lowest BCUT2D eigenvalue weighted by Crippen LogP contribution is -2.06. The summed E-state index contributed by atoms with van der Waals surface area (Å²) in [6, 6.07) is 0. The number of rotatable bonds is 7. The fraction of sp³-hybridized carbons (Fsp3) is 0.750. The average Bonchev–Trinajstić information content (AvgIpc) is 2.11. The van der Waals surface area contributed by atoms with Crippen molar-refractivity contribution >= 4 is 22.1 Å². The minimum atomic E-state index is -3.92. The second-order valence-corrected chi connectivity index (χ2v) is 4.58. The summed E-state index contributed by atoms with van der Waals surface area (Å²) in [6.07, 6.45) is 1.02. The van der Waals surface area contributed by atoms with Gasteiger partial charge >= 0.3 is 11.9 Å². The predicted molar refractivity (Wildman–Crippen MR) is 57.2 cm³/mol. The summed E-state index contributed by atoms with van der Waals surface area (Å²) >= 11 is 0. The van der Waals surface area contributed by atoms with Gasteiger partial charge in [0.15, 0.2) is 0 Å². The van der Waals surface area contributed by atoms with E-state index in [1.807, 2.05) is 0 Å². The summed E-state index contributed by atoms with van der Waals surface area (Å²) in [5.41, 5.74) is 0. The number of carboxylic acids is 2. The summed E-state index contributed by atoms with van der Waals surface area (Å²) in [5.74, 6) is -2.32. The van der Waals surface area contributed by atoms with Crippen LogP contribution < -0.4 is 0 Å². The van der Waals surface area contributed by atoms with Crippen LogP contribution in [0.3, 0.4) is 0 Å². The molecule has 0 radical (unpaired) electrons. The summed E-state index contributed by atoms with van der Waals surface area (Å²) < 4.78 is 27.1. The molecule has 0 aliphatic rings. The molecule has 0 unspecified atom stereocenters. The highest BCUT2D eigenvalue weighted by Gasteiger charge is 1.99. The number of hydrogen-bond acceptors (Lipinski definition) is 5. The highest BCUT2D eigenvalue weighted by Crippen LogP contribution is 1.98. The summed E-state index contributed by atoms with van der Waals surface area (Å²) in [7, 11) is -3.92. The van der Waals surface area contributed by atoms with Crippen LogP contribution in [0.5, 0.6) is 0 Å². The van der Waals surface area contributed by atoms with Gasteiger partial charge in [-0.05, 0) is 12.8 Å². The lowest BCUT2D eigenvalue weighted by atomic mass is 10.2. The Hall–Kier alpha value is -1.19. The van der Waals surface area contributed by atoms with E-state index >= 15 is 0 Å². The van der Waals surface area contributed by atoms with Crippen LogP contribution in [-0.4, -0.2) is 52.6 Å². The predicted octanol–water partition coefficient (Wildman–Crippen LogP) is -0.417. The van der Waals surface area contributed by atoms with E-state index in [-0.39, 0.29) is 12.8 Å². The molecule has 0 atom stereocenters. The molecule has 0 aliphatic heterocycles. The van der Waals surface area contributed by atoms with Gasteiger partial charge in [-0.3, -0.25) is 14.1 Å².